The number of benzene rings is 1. The van der Waals surface area contributed by atoms with Crippen LogP contribution in [0.2, 0.25) is 0 Å². The number of nitrogens with zero attached hydrogens (tertiary/aromatic N) is 5. The minimum atomic E-state index is 0.880. The molecule has 0 bridgehead atoms. The van der Waals surface area contributed by atoms with Crippen LogP contribution in [-0.4, -0.2) is 58.6 Å². The number of hydrogen-bond acceptors (Lipinski definition) is 5. The molecule has 23 heavy (non-hydrogen) atoms. The van der Waals surface area contributed by atoms with Gasteiger partial charge >= 0.3 is 0 Å². The molecule has 0 spiro atoms. The Hall–Kier alpha value is -1.61. The van der Waals surface area contributed by atoms with Gasteiger partial charge in [-0.15, -0.1) is 0 Å². The highest BCUT2D eigenvalue weighted by molar-refractivity contribution is 14.1. The number of fused-ring (bicyclic) bond motifs is 2. The van der Waals surface area contributed by atoms with E-state index in [0.717, 1.165) is 54.8 Å². The summed E-state index contributed by atoms with van der Waals surface area (Å²) >= 11 is 2.33. The van der Waals surface area contributed by atoms with Crippen molar-refractivity contribution in [3.05, 3.63) is 33.5 Å². The highest BCUT2D eigenvalue weighted by Crippen LogP contribution is 2.35. The maximum Gasteiger partial charge on any atom is 0.163 e. The van der Waals surface area contributed by atoms with E-state index in [4.69, 9.17) is 4.99 Å². The number of aliphatic imine (C=N–C) groups is 1. The number of piperazine rings is 1. The summed E-state index contributed by atoms with van der Waals surface area (Å²) in [5.41, 5.74) is 3.06. The van der Waals surface area contributed by atoms with Gasteiger partial charge in [0.15, 0.2) is 5.82 Å². The molecule has 1 aromatic carbocycles. The molecular formula is C16H19IN6. The number of halogens is 1. The molecule has 0 radical (unpaired) electrons. The van der Waals surface area contributed by atoms with Gasteiger partial charge < -0.3 is 15.1 Å². The second-order valence-corrected chi connectivity index (χ2v) is 7.32. The molecule has 3 heterocycles. The summed E-state index contributed by atoms with van der Waals surface area (Å²) in [6.07, 6.45) is 2.05. The first-order valence-electron chi connectivity index (χ1n) is 7.73. The summed E-state index contributed by atoms with van der Waals surface area (Å²) in [6, 6.07) is 6.28. The van der Waals surface area contributed by atoms with Gasteiger partial charge in [-0.1, -0.05) is 0 Å². The minimum Gasteiger partial charge on any atom is -0.353 e. The predicted molar refractivity (Wildman–Crippen MR) is 101 cm³/mol. The molecule has 6 nitrogen and oxygen atoms in total. The molecule has 0 amide bonds. The van der Waals surface area contributed by atoms with Gasteiger partial charge in [-0.3, -0.25) is 4.68 Å². The second-order valence-electron chi connectivity index (χ2n) is 6.08. The summed E-state index contributed by atoms with van der Waals surface area (Å²) in [7, 11) is 4.12. The summed E-state index contributed by atoms with van der Waals surface area (Å²) in [6.45, 7) is 4.09. The lowest BCUT2D eigenvalue weighted by Crippen LogP contribution is -2.47. The third kappa shape index (κ3) is 2.83. The number of aryl methyl sites for hydroxylation is 1. The molecule has 2 aliphatic rings. The van der Waals surface area contributed by atoms with Crippen LogP contribution in [-0.2, 0) is 7.05 Å². The molecule has 4 rings (SSSR count). The van der Waals surface area contributed by atoms with Gasteiger partial charge in [0, 0.05) is 43.0 Å². The van der Waals surface area contributed by atoms with Crippen molar-refractivity contribution < 1.29 is 0 Å². The van der Waals surface area contributed by atoms with Crippen LogP contribution in [0.3, 0.4) is 0 Å². The number of aromatic nitrogens is 2. The van der Waals surface area contributed by atoms with Crippen molar-refractivity contribution in [1.29, 1.82) is 0 Å². The molecule has 120 valence electrons. The number of anilines is 2. The molecule has 1 N–H and O–H groups in total. The fraction of sp³-hybridized carbons (Fsp3) is 0.375. The molecule has 0 aliphatic carbocycles. The topological polar surface area (TPSA) is 48.7 Å². The van der Waals surface area contributed by atoms with Crippen LogP contribution < -0.4 is 5.32 Å². The van der Waals surface area contributed by atoms with E-state index in [-0.39, 0.29) is 0 Å². The maximum atomic E-state index is 5.01. The minimum absolute atomic E-state index is 0.880. The molecule has 1 aromatic heterocycles. The number of rotatable bonds is 0. The summed E-state index contributed by atoms with van der Waals surface area (Å²) in [5.74, 6) is 1.90. The van der Waals surface area contributed by atoms with Gasteiger partial charge in [0.2, 0.25) is 0 Å². The Morgan fingerprint density at radius 3 is 2.70 bits per heavy atom. The first-order valence-corrected chi connectivity index (χ1v) is 8.81. The average Bonchev–Trinajstić information content (AvgIpc) is 2.82. The van der Waals surface area contributed by atoms with Crippen molar-refractivity contribution in [2.24, 2.45) is 12.0 Å². The van der Waals surface area contributed by atoms with Gasteiger partial charge in [0.05, 0.1) is 16.9 Å². The maximum absolute atomic E-state index is 5.01. The lowest BCUT2D eigenvalue weighted by Gasteiger charge is -2.34. The van der Waals surface area contributed by atoms with Crippen molar-refractivity contribution in [2.45, 2.75) is 0 Å². The summed E-state index contributed by atoms with van der Waals surface area (Å²) in [4.78, 5) is 9.73. The van der Waals surface area contributed by atoms with E-state index in [0.29, 0.717) is 0 Å². The third-order valence-electron chi connectivity index (χ3n) is 4.31. The highest BCUT2D eigenvalue weighted by atomic mass is 127. The Bertz CT molecular complexity index is 773. The van der Waals surface area contributed by atoms with E-state index in [1.807, 2.05) is 11.7 Å². The van der Waals surface area contributed by atoms with E-state index in [1.54, 1.807) is 0 Å². The van der Waals surface area contributed by atoms with E-state index in [2.05, 4.69) is 74.2 Å². The average molecular weight is 422 g/mol. The largest absolute Gasteiger partial charge is 0.353 e. The Labute approximate surface area is 149 Å². The fourth-order valence-corrected chi connectivity index (χ4v) is 3.48. The first kappa shape index (κ1) is 14.9. The lowest BCUT2D eigenvalue weighted by molar-refractivity contribution is 0.216. The first-order chi connectivity index (χ1) is 11.1. The van der Waals surface area contributed by atoms with E-state index < -0.39 is 0 Å². The van der Waals surface area contributed by atoms with Crippen LogP contribution in [0, 0.1) is 3.57 Å². The Balaban J connectivity index is 1.82. The van der Waals surface area contributed by atoms with Gasteiger partial charge in [0.25, 0.3) is 0 Å². The van der Waals surface area contributed by atoms with Crippen LogP contribution in [0.5, 0.6) is 0 Å². The van der Waals surface area contributed by atoms with E-state index in [1.165, 1.54) is 3.57 Å². The van der Waals surface area contributed by atoms with Crippen molar-refractivity contribution in [2.75, 3.05) is 38.5 Å². The van der Waals surface area contributed by atoms with Crippen molar-refractivity contribution in [1.82, 2.24) is 19.6 Å². The van der Waals surface area contributed by atoms with Crippen molar-refractivity contribution >= 4 is 45.6 Å². The van der Waals surface area contributed by atoms with Crippen LogP contribution >= 0.6 is 22.6 Å². The van der Waals surface area contributed by atoms with Gasteiger partial charge in [-0.2, -0.15) is 5.10 Å². The third-order valence-corrected chi connectivity index (χ3v) is 4.98. The normalized spacial score (nSPS) is 17.9. The Morgan fingerprint density at radius 2 is 1.91 bits per heavy atom. The lowest BCUT2D eigenvalue weighted by atomic mass is 10.2. The fourth-order valence-electron chi connectivity index (χ4n) is 3.01. The molecule has 7 heteroatoms. The molecule has 0 unspecified atom stereocenters. The van der Waals surface area contributed by atoms with Gasteiger partial charge in [-0.25, -0.2) is 4.99 Å². The van der Waals surface area contributed by atoms with E-state index in [9.17, 15) is 0 Å². The molecule has 0 saturated carbocycles. The monoisotopic (exact) mass is 422 g/mol. The van der Waals surface area contributed by atoms with Crippen molar-refractivity contribution in [3.63, 3.8) is 0 Å². The SMILES string of the molecule is CN1CCN(C2=Nc3cc(I)ccc3Nc3nn(C)cc32)CC1. The number of likely N-dealkylation sites (N-methyl/N-ethyl adjacent to an activating group) is 1. The molecule has 0 atom stereocenters. The zero-order chi connectivity index (χ0) is 16.0. The number of amidine groups is 1. The van der Waals surface area contributed by atoms with Crippen LogP contribution in [0.25, 0.3) is 0 Å². The van der Waals surface area contributed by atoms with E-state index >= 15 is 0 Å². The molecule has 1 fully saturated rings. The van der Waals surface area contributed by atoms with Crippen LogP contribution in [0.4, 0.5) is 17.2 Å². The molecule has 1 saturated heterocycles. The Kier molecular flexibility index (Phi) is 3.76. The quantitative estimate of drug-likeness (QED) is 0.663. The van der Waals surface area contributed by atoms with Gasteiger partial charge in [-0.05, 0) is 47.8 Å². The standard InChI is InChI=1S/C16H19IN6/c1-21-5-7-23(8-6-21)16-12-10-22(2)20-15(12)18-13-4-3-11(17)9-14(13)19-16/h3-4,9-10H,5-8H2,1-2H3,(H,18,20). The summed E-state index contributed by atoms with van der Waals surface area (Å²) in [5, 5.41) is 8.02. The molecule has 2 aliphatic heterocycles. The smallest absolute Gasteiger partial charge is 0.163 e. The Morgan fingerprint density at radius 1 is 1.13 bits per heavy atom. The van der Waals surface area contributed by atoms with Crippen molar-refractivity contribution in [3.8, 4) is 0 Å². The number of nitrogens with one attached hydrogen (secondary N) is 1. The zero-order valence-corrected chi connectivity index (χ0v) is 15.4. The van der Waals surface area contributed by atoms with Crippen LogP contribution in [0.15, 0.2) is 29.4 Å². The molecule has 2 aromatic rings. The second kappa shape index (κ2) is 5.79. The molecular weight excluding hydrogens is 403 g/mol. The zero-order valence-electron chi connectivity index (χ0n) is 13.3. The van der Waals surface area contributed by atoms with Gasteiger partial charge in [0.1, 0.15) is 5.84 Å². The highest BCUT2D eigenvalue weighted by Gasteiger charge is 2.26. The predicted octanol–water partition coefficient (Wildman–Crippen LogP) is 2.41. The summed E-state index contributed by atoms with van der Waals surface area (Å²) < 4.78 is 3.03. The number of hydrogen-bond donors (Lipinski definition) is 1. The van der Waals surface area contributed by atoms with Crippen LogP contribution in [0.1, 0.15) is 5.56 Å².